The van der Waals surface area contributed by atoms with E-state index in [2.05, 4.69) is 17.2 Å². The number of benzene rings is 1. The summed E-state index contributed by atoms with van der Waals surface area (Å²) in [6, 6.07) is 5.03. The van der Waals surface area contributed by atoms with E-state index in [0.717, 1.165) is 18.5 Å². The van der Waals surface area contributed by atoms with Crippen LogP contribution in [0.5, 0.6) is 0 Å². The lowest BCUT2D eigenvalue weighted by Crippen LogP contribution is -2.23. The molecule has 1 fully saturated rings. The summed E-state index contributed by atoms with van der Waals surface area (Å²) in [6.45, 7) is 3.12. The van der Waals surface area contributed by atoms with Crippen molar-refractivity contribution in [2.45, 2.75) is 45.6 Å². The molecule has 1 aromatic heterocycles. The van der Waals surface area contributed by atoms with Gasteiger partial charge in [0.25, 0.3) is 0 Å². The first kappa shape index (κ1) is 13.1. The van der Waals surface area contributed by atoms with Gasteiger partial charge in [-0.2, -0.15) is 0 Å². The van der Waals surface area contributed by atoms with Crippen molar-refractivity contribution in [1.29, 1.82) is 0 Å². The fourth-order valence-electron chi connectivity index (χ4n) is 3.29. The quantitative estimate of drug-likeness (QED) is 0.929. The van der Waals surface area contributed by atoms with Gasteiger partial charge in [0.15, 0.2) is 0 Å². The van der Waals surface area contributed by atoms with Gasteiger partial charge in [-0.15, -0.1) is 5.10 Å². The molecule has 0 unspecified atom stereocenters. The molecule has 3 rings (SSSR count). The molecule has 0 saturated heterocycles. The molecule has 0 bridgehead atoms. The van der Waals surface area contributed by atoms with Gasteiger partial charge in [-0.3, -0.25) is 0 Å². The van der Waals surface area contributed by atoms with E-state index in [9.17, 15) is 4.79 Å². The molecule has 1 heterocycles. The topological polar surface area (TPSA) is 68.0 Å². The number of hydrogen-bond donors (Lipinski definition) is 1. The zero-order chi connectivity index (χ0) is 14.2. The van der Waals surface area contributed by atoms with E-state index in [0.29, 0.717) is 10.9 Å². The summed E-state index contributed by atoms with van der Waals surface area (Å²) in [5, 5.41) is 17.3. The summed E-state index contributed by atoms with van der Waals surface area (Å²) in [6.07, 6.45) is 6.24. The van der Waals surface area contributed by atoms with Gasteiger partial charge in [0, 0.05) is 6.54 Å². The van der Waals surface area contributed by atoms with E-state index in [1.807, 2.05) is 10.7 Å². The first-order valence-electron chi connectivity index (χ1n) is 7.20. The van der Waals surface area contributed by atoms with Gasteiger partial charge in [0.1, 0.15) is 5.52 Å². The van der Waals surface area contributed by atoms with Crippen LogP contribution in [-0.4, -0.2) is 26.1 Å². The minimum atomic E-state index is -0.928. The van der Waals surface area contributed by atoms with Crippen molar-refractivity contribution < 1.29 is 9.90 Å². The van der Waals surface area contributed by atoms with Crippen molar-refractivity contribution in [2.75, 3.05) is 0 Å². The Morgan fingerprint density at radius 1 is 1.40 bits per heavy atom. The van der Waals surface area contributed by atoms with Gasteiger partial charge >= 0.3 is 5.97 Å². The monoisotopic (exact) mass is 273 g/mol. The van der Waals surface area contributed by atoms with Crippen molar-refractivity contribution in [3.05, 3.63) is 23.8 Å². The molecule has 0 radical (unpaired) electrons. The van der Waals surface area contributed by atoms with Crippen molar-refractivity contribution in [3.63, 3.8) is 0 Å². The van der Waals surface area contributed by atoms with Crippen LogP contribution in [-0.2, 0) is 6.54 Å². The predicted molar refractivity (Wildman–Crippen MR) is 75.7 cm³/mol. The zero-order valence-corrected chi connectivity index (χ0v) is 11.7. The van der Waals surface area contributed by atoms with Crippen molar-refractivity contribution in [2.24, 2.45) is 5.41 Å². The maximum atomic E-state index is 11.0. The molecule has 0 aliphatic heterocycles. The summed E-state index contributed by atoms with van der Waals surface area (Å²) in [4.78, 5) is 11.0. The summed E-state index contributed by atoms with van der Waals surface area (Å²) < 4.78 is 1.94. The second kappa shape index (κ2) is 4.89. The van der Waals surface area contributed by atoms with Crippen LogP contribution in [0, 0.1) is 5.41 Å². The lowest BCUT2D eigenvalue weighted by atomic mass is 9.83. The Morgan fingerprint density at radius 3 is 2.80 bits per heavy atom. The van der Waals surface area contributed by atoms with E-state index >= 15 is 0 Å². The SMILES string of the molecule is CCC1(Cn2nnc3cc(C(=O)O)ccc32)CCCC1. The Kier molecular flexibility index (Phi) is 3.20. The number of rotatable bonds is 4. The summed E-state index contributed by atoms with van der Waals surface area (Å²) in [5.74, 6) is -0.928. The van der Waals surface area contributed by atoms with Crippen molar-refractivity contribution in [1.82, 2.24) is 15.0 Å². The molecule has 20 heavy (non-hydrogen) atoms. The number of nitrogens with zero attached hydrogens (tertiary/aromatic N) is 3. The Hall–Kier alpha value is -1.91. The van der Waals surface area contributed by atoms with Crippen LogP contribution < -0.4 is 0 Å². The largest absolute Gasteiger partial charge is 0.478 e. The van der Waals surface area contributed by atoms with Gasteiger partial charge in [-0.25, -0.2) is 9.48 Å². The lowest BCUT2D eigenvalue weighted by Gasteiger charge is -2.27. The Bertz CT molecular complexity index is 642. The molecule has 1 aliphatic rings. The number of aromatic carboxylic acids is 1. The third-order valence-electron chi connectivity index (χ3n) is 4.66. The lowest BCUT2D eigenvalue weighted by molar-refractivity contribution is 0.0697. The average Bonchev–Trinajstić information content (AvgIpc) is 3.07. The molecule has 5 heteroatoms. The second-order valence-corrected chi connectivity index (χ2v) is 5.82. The maximum absolute atomic E-state index is 11.0. The molecule has 2 aromatic rings. The van der Waals surface area contributed by atoms with E-state index in [-0.39, 0.29) is 5.56 Å². The highest BCUT2D eigenvalue weighted by Gasteiger charge is 2.33. The number of carboxylic acid groups (broad SMARTS) is 1. The van der Waals surface area contributed by atoms with Crippen LogP contribution in [0.25, 0.3) is 11.0 Å². The zero-order valence-electron chi connectivity index (χ0n) is 11.7. The van der Waals surface area contributed by atoms with E-state index in [1.165, 1.54) is 25.7 Å². The predicted octanol–water partition coefficient (Wildman–Crippen LogP) is 3.10. The van der Waals surface area contributed by atoms with Crippen LogP contribution in [0.1, 0.15) is 49.4 Å². The highest BCUT2D eigenvalue weighted by Crippen LogP contribution is 2.42. The Balaban J connectivity index is 1.94. The fraction of sp³-hybridized carbons (Fsp3) is 0.533. The number of carbonyl (C=O) groups is 1. The fourth-order valence-corrected chi connectivity index (χ4v) is 3.29. The molecule has 0 atom stereocenters. The first-order valence-corrected chi connectivity index (χ1v) is 7.20. The molecular weight excluding hydrogens is 254 g/mol. The molecule has 0 spiro atoms. The molecule has 106 valence electrons. The van der Waals surface area contributed by atoms with Gasteiger partial charge in [-0.1, -0.05) is 25.0 Å². The molecule has 1 N–H and O–H groups in total. The summed E-state index contributed by atoms with van der Waals surface area (Å²) in [7, 11) is 0. The van der Waals surface area contributed by atoms with Crippen molar-refractivity contribution in [3.8, 4) is 0 Å². The highest BCUT2D eigenvalue weighted by atomic mass is 16.4. The first-order chi connectivity index (χ1) is 9.63. The van der Waals surface area contributed by atoms with Crippen LogP contribution in [0.4, 0.5) is 0 Å². The highest BCUT2D eigenvalue weighted by molar-refractivity contribution is 5.92. The van der Waals surface area contributed by atoms with E-state index in [4.69, 9.17) is 5.11 Å². The van der Waals surface area contributed by atoms with Crippen LogP contribution in [0.2, 0.25) is 0 Å². The molecule has 1 saturated carbocycles. The Morgan fingerprint density at radius 2 is 2.15 bits per heavy atom. The van der Waals surface area contributed by atoms with Crippen molar-refractivity contribution >= 4 is 17.0 Å². The molecule has 5 nitrogen and oxygen atoms in total. The molecule has 0 amide bonds. The summed E-state index contributed by atoms with van der Waals surface area (Å²) in [5.41, 5.74) is 2.19. The van der Waals surface area contributed by atoms with Gasteiger partial charge in [0.05, 0.1) is 11.1 Å². The van der Waals surface area contributed by atoms with Crippen LogP contribution >= 0.6 is 0 Å². The standard InChI is InChI=1S/C15H19N3O2/c1-2-15(7-3-4-8-15)10-18-13-6-5-11(14(19)20)9-12(13)16-17-18/h5-6,9H,2-4,7-8,10H2,1H3,(H,19,20). The average molecular weight is 273 g/mol. The minimum Gasteiger partial charge on any atom is -0.478 e. The minimum absolute atomic E-state index is 0.260. The molecule has 1 aromatic carbocycles. The van der Waals surface area contributed by atoms with Gasteiger partial charge < -0.3 is 5.11 Å². The normalized spacial score (nSPS) is 17.6. The van der Waals surface area contributed by atoms with Crippen LogP contribution in [0.15, 0.2) is 18.2 Å². The second-order valence-electron chi connectivity index (χ2n) is 5.82. The van der Waals surface area contributed by atoms with E-state index in [1.54, 1.807) is 12.1 Å². The maximum Gasteiger partial charge on any atom is 0.335 e. The third kappa shape index (κ3) is 2.17. The smallest absolute Gasteiger partial charge is 0.335 e. The molecular formula is C15H19N3O2. The number of carboxylic acids is 1. The van der Waals surface area contributed by atoms with Gasteiger partial charge in [-0.05, 0) is 42.9 Å². The summed E-state index contributed by atoms with van der Waals surface area (Å²) >= 11 is 0. The Labute approximate surface area is 117 Å². The van der Waals surface area contributed by atoms with E-state index < -0.39 is 5.97 Å². The number of aromatic nitrogens is 3. The third-order valence-corrected chi connectivity index (χ3v) is 4.66. The van der Waals surface area contributed by atoms with Gasteiger partial charge in [0.2, 0.25) is 0 Å². The number of hydrogen-bond acceptors (Lipinski definition) is 3. The number of fused-ring (bicyclic) bond motifs is 1. The molecule has 1 aliphatic carbocycles. The van der Waals surface area contributed by atoms with Crippen LogP contribution in [0.3, 0.4) is 0 Å².